The predicted molar refractivity (Wildman–Crippen MR) is 97.2 cm³/mol. The number of fused-ring (bicyclic) bond motifs is 5. The number of nitrogens with zero attached hydrogens (tertiary/aromatic N) is 1. The van der Waals surface area contributed by atoms with Gasteiger partial charge in [-0.05, 0) is 66.4 Å². The van der Waals surface area contributed by atoms with E-state index in [2.05, 4.69) is 18.2 Å². The molecule has 4 nitrogen and oxygen atoms in total. The van der Waals surface area contributed by atoms with Gasteiger partial charge >= 0.3 is 5.63 Å². The van der Waals surface area contributed by atoms with Crippen LogP contribution in [-0.2, 0) is 12.8 Å². The average molecular weight is 329 g/mol. The number of rotatable bonds is 1. The second-order valence-corrected chi connectivity index (χ2v) is 6.36. The Morgan fingerprint density at radius 3 is 2.72 bits per heavy atom. The number of hydrogen-bond donors (Lipinski definition) is 0. The first-order valence-electron chi connectivity index (χ1n) is 8.26. The molecule has 4 heteroatoms. The molecule has 0 atom stereocenters. The Kier molecular flexibility index (Phi) is 2.95. The molecule has 2 aromatic heterocycles. The van der Waals surface area contributed by atoms with E-state index < -0.39 is 0 Å². The first-order valence-corrected chi connectivity index (χ1v) is 8.26. The van der Waals surface area contributed by atoms with Crippen molar-refractivity contribution < 1.29 is 9.15 Å². The van der Waals surface area contributed by atoms with Gasteiger partial charge in [0, 0.05) is 22.4 Å². The normalized spacial score (nSPS) is 12.8. The van der Waals surface area contributed by atoms with Crippen LogP contribution in [0.1, 0.15) is 11.1 Å². The number of aryl methyl sites for hydroxylation is 2. The molecule has 0 amide bonds. The van der Waals surface area contributed by atoms with E-state index in [0.717, 1.165) is 40.6 Å². The fraction of sp³-hybridized carbons (Fsp3) is 0.143. The van der Waals surface area contributed by atoms with Crippen LogP contribution in [0.5, 0.6) is 5.75 Å². The fourth-order valence-corrected chi connectivity index (χ4v) is 3.61. The molecule has 25 heavy (non-hydrogen) atoms. The first-order chi connectivity index (χ1) is 12.2. The quantitative estimate of drug-likeness (QED) is 0.389. The maximum Gasteiger partial charge on any atom is 0.336 e. The Labute approximate surface area is 143 Å². The molecule has 0 radical (unpaired) electrons. The maximum absolute atomic E-state index is 11.4. The summed E-state index contributed by atoms with van der Waals surface area (Å²) in [6.45, 7) is 0. The number of benzene rings is 2. The SMILES string of the molecule is COc1ccc2c(c1)CCc1cc3cc4oc(=O)ccc4cc3nc1-2. The molecule has 0 saturated carbocycles. The Balaban J connectivity index is 1.77. The van der Waals surface area contributed by atoms with E-state index in [1.165, 1.54) is 22.8 Å². The summed E-state index contributed by atoms with van der Waals surface area (Å²) in [5.74, 6) is 0.879. The minimum atomic E-state index is -0.333. The molecular weight excluding hydrogens is 314 g/mol. The van der Waals surface area contributed by atoms with Gasteiger partial charge in [0.15, 0.2) is 0 Å². The lowest BCUT2D eigenvalue weighted by Crippen LogP contribution is -2.06. The molecule has 0 N–H and O–H groups in total. The molecule has 0 spiro atoms. The highest BCUT2D eigenvalue weighted by molar-refractivity contribution is 5.95. The van der Waals surface area contributed by atoms with Gasteiger partial charge in [-0.2, -0.15) is 0 Å². The van der Waals surface area contributed by atoms with Gasteiger partial charge in [-0.1, -0.05) is 0 Å². The van der Waals surface area contributed by atoms with E-state index in [4.69, 9.17) is 14.1 Å². The van der Waals surface area contributed by atoms with Crippen molar-refractivity contribution in [2.24, 2.45) is 0 Å². The average Bonchev–Trinajstić information content (AvgIpc) is 2.64. The number of aromatic nitrogens is 1. The molecule has 5 rings (SSSR count). The standard InChI is InChI=1S/C21H15NO3/c1-24-16-5-6-17-12(9-16)2-3-14-8-15-11-19-13(4-7-20(23)25-19)10-18(15)22-21(14)17/h4-11H,2-3H2,1H3. The van der Waals surface area contributed by atoms with E-state index in [9.17, 15) is 4.79 Å². The van der Waals surface area contributed by atoms with Gasteiger partial charge in [-0.25, -0.2) is 9.78 Å². The van der Waals surface area contributed by atoms with Crippen LogP contribution in [0, 0.1) is 0 Å². The molecule has 0 aliphatic heterocycles. The van der Waals surface area contributed by atoms with Gasteiger partial charge in [0.25, 0.3) is 0 Å². The second-order valence-electron chi connectivity index (χ2n) is 6.36. The van der Waals surface area contributed by atoms with Crippen molar-refractivity contribution in [2.75, 3.05) is 7.11 Å². The van der Waals surface area contributed by atoms with Crippen molar-refractivity contribution in [1.82, 2.24) is 4.98 Å². The van der Waals surface area contributed by atoms with E-state index in [1.807, 2.05) is 18.2 Å². The highest BCUT2D eigenvalue weighted by atomic mass is 16.5. The minimum Gasteiger partial charge on any atom is -0.497 e. The number of methoxy groups -OCH3 is 1. The zero-order valence-electron chi connectivity index (χ0n) is 13.7. The summed E-state index contributed by atoms with van der Waals surface area (Å²) < 4.78 is 10.6. The minimum absolute atomic E-state index is 0.333. The Hall–Kier alpha value is -3.14. The van der Waals surface area contributed by atoms with Crippen molar-refractivity contribution in [3.63, 3.8) is 0 Å². The molecule has 0 unspecified atom stereocenters. The summed E-state index contributed by atoms with van der Waals surface area (Å²) in [6, 6.07) is 15.4. The Bertz CT molecular complexity index is 1210. The topological polar surface area (TPSA) is 52.3 Å². The van der Waals surface area contributed by atoms with Crippen LogP contribution in [0.25, 0.3) is 33.1 Å². The van der Waals surface area contributed by atoms with E-state index in [-0.39, 0.29) is 5.63 Å². The van der Waals surface area contributed by atoms with E-state index >= 15 is 0 Å². The summed E-state index contributed by atoms with van der Waals surface area (Å²) in [7, 11) is 1.69. The molecule has 1 aliphatic carbocycles. The summed E-state index contributed by atoms with van der Waals surface area (Å²) in [6.07, 6.45) is 1.91. The highest BCUT2D eigenvalue weighted by Gasteiger charge is 2.19. The second kappa shape index (κ2) is 5.18. The zero-order chi connectivity index (χ0) is 17.0. The van der Waals surface area contributed by atoms with E-state index in [0.29, 0.717) is 5.58 Å². The van der Waals surface area contributed by atoms with Gasteiger partial charge in [-0.3, -0.25) is 0 Å². The van der Waals surface area contributed by atoms with Gasteiger partial charge in [-0.15, -0.1) is 0 Å². The first kappa shape index (κ1) is 14.2. The van der Waals surface area contributed by atoms with Crippen LogP contribution in [0.4, 0.5) is 0 Å². The molecule has 4 aromatic rings. The van der Waals surface area contributed by atoms with Gasteiger partial charge < -0.3 is 9.15 Å². The lowest BCUT2D eigenvalue weighted by atomic mass is 9.88. The molecule has 2 aromatic carbocycles. The van der Waals surface area contributed by atoms with Crippen molar-refractivity contribution >= 4 is 21.9 Å². The molecule has 0 saturated heterocycles. The zero-order valence-corrected chi connectivity index (χ0v) is 13.7. The maximum atomic E-state index is 11.4. The van der Waals surface area contributed by atoms with E-state index in [1.54, 1.807) is 13.2 Å². The lowest BCUT2D eigenvalue weighted by Gasteiger charge is -2.20. The van der Waals surface area contributed by atoms with Crippen LogP contribution in [0.2, 0.25) is 0 Å². The monoisotopic (exact) mass is 329 g/mol. The van der Waals surface area contributed by atoms with Crippen LogP contribution in [-0.4, -0.2) is 12.1 Å². The predicted octanol–water partition coefficient (Wildman–Crippen LogP) is 4.12. The van der Waals surface area contributed by atoms with Crippen molar-refractivity contribution in [3.8, 4) is 17.0 Å². The van der Waals surface area contributed by atoms with Crippen LogP contribution < -0.4 is 10.4 Å². The smallest absolute Gasteiger partial charge is 0.336 e. The number of pyridine rings is 1. The Morgan fingerprint density at radius 2 is 1.84 bits per heavy atom. The summed E-state index contributed by atoms with van der Waals surface area (Å²) in [5, 5.41) is 1.88. The van der Waals surface area contributed by atoms with Gasteiger partial charge in [0.2, 0.25) is 0 Å². The van der Waals surface area contributed by atoms with Crippen molar-refractivity contribution in [3.05, 3.63) is 70.1 Å². The molecule has 0 bridgehead atoms. The van der Waals surface area contributed by atoms with Crippen LogP contribution >= 0.6 is 0 Å². The molecular formula is C21H15NO3. The summed E-state index contributed by atoms with van der Waals surface area (Å²) in [5.41, 5.74) is 5.87. The third kappa shape index (κ3) is 2.22. The fourth-order valence-electron chi connectivity index (χ4n) is 3.61. The molecule has 1 aliphatic rings. The van der Waals surface area contributed by atoms with Gasteiger partial charge in [0.1, 0.15) is 11.3 Å². The Morgan fingerprint density at radius 1 is 0.960 bits per heavy atom. The number of ether oxygens (including phenoxy) is 1. The third-order valence-electron chi connectivity index (χ3n) is 4.87. The van der Waals surface area contributed by atoms with Crippen LogP contribution in [0.3, 0.4) is 0 Å². The largest absolute Gasteiger partial charge is 0.497 e. The molecule has 122 valence electrons. The number of hydrogen-bond acceptors (Lipinski definition) is 4. The lowest BCUT2D eigenvalue weighted by molar-refractivity contribution is 0.414. The molecule has 2 heterocycles. The third-order valence-corrected chi connectivity index (χ3v) is 4.87. The summed E-state index contributed by atoms with van der Waals surface area (Å²) in [4.78, 5) is 16.4. The summed E-state index contributed by atoms with van der Waals surface area (Å²) >= 11 is 0. The van der Waals surface area contributed by atoms with Crippen molar-refractivity contribution in [2.45, 2.75) is 12.8 Å². The highest BCUT2D eigenvalue weighted by Crippen LogP contribution is 2.36. The van der Waals surface area contributed by atoms with Crippen LogP contribution in [0.15, 0.2) is 57.7 Å². The van der Waals surface area contributed by atoms with Crippen molar-refractivity contribution in [1.29, 1.82) is 0 Å². The van der Waals surface area contributed by atoms with Gasteiger partial charge in [0.05, 0.1) is 18.3 Å². The molecule has 0 fully saturated rings.